The van der Waals surface area contributed by atoms with Crippen LogP contribution in [0.2, 0.25) is 5.02 Å². The monoisotopic (exact) mass is 278 g/mol. The van der Waals surface area contributed by atoms with Crippen molar-refractivity contribution < 1.29 is 4.42 Å². The Balaban J connectivity index is 2.00. The molecule has 102 valence electrons. The molecule has 1 heterocycles. The van der Waals surface area contributed by atoms with Gasteiger partial charge in [0, 0.05) is 23.7 Å². The molecule has 2 rings (SSSR count). The summed E-state index contributed by atoms with van der Waals surface area (Å²) in [4.78, 5) is 2.23. The molecule has 1 aromatic heterocycles. The molecule has 1 aromatic carbocycles. The molecule has 0 saturated carbocycles. The minimum atomic E-state index is 0.443. The number of halogens is 1. The Hall–Kier alpha value is -1.29. The first-order chi connectivity index (χ1) is 9.08. The first-order valence-electron chi connectivity index (χ1n) is 6.29. The smallest absolute Gasteiger partial charge is 0.118 e. The summed E-state index contributed by atoms with van der Waals surface area (Å²) in [6, 6.07) is 9.96. The zero-order valence-electron chi connectivity index (χ0n) is 11.3. The van der Waals surface area contributed by atoms with Crippen molar-refractivity contribution in [1.29, 1.82) is 0 Å². The minimum Gasteiger partial charge on any atom is -0.465 e. The fourth-order valence-electron chi connectivity index (χ4n) is 2.14. The summed E-state index contributed by atoms with van der Waals surface area (Å²) in [7, 11) is 2.08. The second-order valence-electron chi connectivity index (χ2n) is 4.80. The number of furan rings is 1. The number of hydrogen-bond donors (Lipinski definition) is 1. The zero-order chi connectivity index (χ0) is 13.8. The van der Waals surface area contributed by atoms with Crippen LogP contribution in [0.25, 0.3) is 0 Å². The molecule has 0 spiro atoms. The summed E-state index contributed by atoms with van der Waals surface area (Å²) in [5, 5.41) is 0.774. The van der Waals surface area contributed by atoms with Crippen LogP contribution in [0, 0.1) is 6.92 Å². The Morgan fingerprint density at radius 1 is 1.26 bits per heavy atom. The summed E-state index contributed by atoms with van der Waals surface area (Å²) < 4.78 is 5.56. The average Bonchev–Trinajstić information content (AvgIpc) is 2.70. The molecule has 0 radical (unpaired) electrons. The van der Waals surface area contributed by atoms with Gasteiger partial charge in [-0.3, -0.25) is 4.90 Å². The molecule has 0 aliphatic carbocycles. The van der Waals surface area contributed by atoms with Crippen molar-refractivity contribution in [3.8, 4) is 0 Å². The highest BCUT2D eigenvalue weighted by atomic mass is 35.5. The number of nitrogens with two attached hydrogens (primary N) is 1. The summed E-state index contributed by atoms with van der Waals surface area (Å²) >= 11 is 5.99. The van der Waals surface area contributed by atoms with Crippen LogP contribution in [0.3, 0.4) is 0 Å². The molecule has 2 N–H and O–H groups in total. The van der Waals surface area contributed by atoms with Gasteiger partial charge in [-0.15, -0.1) is 0 Å². The van der Waals surface area contributed by atoms with Crippen LogP contribution in [0.4, 0.5) is 0 Å². The maximum absolute atomic E-state index is 5.99. The lowest BCUT2D eigenvalue weighted by atomic mass is 10.2. The molecule has 2 aromatic rings. The van der Waals surface area contributed by atoms with E-state index >= 15 is 0 Å². The van der Waals surface area contributed by atoms with Gasteiger partial charge in [-0.1, -0.05) is 23.7 Å². The second kappa shape index (κ2) is 6.24. The largest absolute Gasteiger partial charge is 0.465 e. The molecule has 0 atom stereocenters. The van der Waals surface area contributed by atoms with Gasteiger partial charge in [-0.2, -0.15) is 0 Å². The number of hydrogen-bond acceptors (Lipinski definition) is 3. The predicted octanol–water partition coefficient (Wildman–Crippen LogP) is 3.33. The van der Waals surface area contributed by atoms with E-state index in [2.05, 4.69) is 18.0 Å². The van der Waals surface area contributed by atoms with Gasteiger partial charge in [0.15, 0.2) is 0 Å². The average molecular weight is 279 g/mol. The second-order valence-corrected chi connectivity index (χ2v) is 5.24. The molecule has 0 saturated heterocycles. The first kappa shape index (κ1) is 14.1. The summed E-state index contributed by atoms with van der Waals surface area (Å²) in [6.07, 6.45) is 0. The van der Waals surface area contributed by atoms with Crippen LogP contribution in [0.5, 0.6) is 0 Å². The van der Waals surface area contributed by atoms with Crippen molar-refractivity contribution in [3.63, 3.8) is 0 Å². The van der Waals surface area contributed by atoms with E-state index < -0.39 is 0 Å². The molecule has 0 amide bonds. The SMILES string of the molecule is Cc1oc(CN)cc1CN(C)Cc1cccc(Cl)c1. The number of aryl methyl sites for hydroxylation is 1. The van der Waals surface area contributed by atoms with Crippen molar-refractivity contribution in [2.24, 2.45) is 5.73 Å². The van der Waals surface area contributed by atoms with Crippen LogP contribution in [0.1, 0.15) is 22.6 Å². The van der Waals surface area contributed by atoms with Gasteiger partial charge < -0.3 is 10.2 Å². The van der Waals surface area contributed by atoms with E-state index in [1.807, 2.05) is 31.2 Å². The van der Waals surface area contributed by atoms with Crippen LogP contribution in [0.15, 0.2) is 34.7 Å². The van der Waals surface area contributed by atoms with Gasteiger partial charge in [0.1, 0.15) is 11.5 Å². The van der Waals surface area contributed by atoms with Crippen LogP contribution >= 0.6 is 11.6 Å². The maximum atomic E-state index is 5.99. The van der Waals surface area contributed by atoms with Gasteiger partial charge in [0.25, 0.3) is 0 Å². The fourth-order valence-corrected chi connectivity index (χ4v) is 2.35. The zero-order valence-corrected chi connectivity index (χ0v) is 12.1. The standard InChI is InChI=1S/C15H19ClN2O/c1-11-13(7-15(8-17)19-11)10-18(2)9-12-4-3-5-14(16)6-12/h3-7H,8-10,17H2,1-2H3. The van der Waals surface area contributed by atoms with E-state index in [1.165, 1.54) is 11.1 Å². The van der Waals surface area contributed by atoms with E-state index in [0.717, 1.165) is 29.6 Å². The minimum absolute atomic E-state index is 0.443. The molecule has 0 aliphatic rings. The Morgan fingerprint density at radius 2 is 2.05 bits per heavy atom. The fraction of sp³-hybridized carbons (Fsp3) is 0.333. The van der Waals surface area contributed by atoms with Crippen molar-refractivity contribution in [2.75, 3.05) is 7.05 Å². The van der Waals surface area contributed by atoms with E-state index in [9.17, 15) is 0 Å². The Labute approximate surface area is 119 Å². The van der Waals surface area contributed by atoms with E-state index in [-0.39, 0.29) is 0 Å². The van der Waals surface area contributed by atoms with E-state index in [4.69, 9.17) is 21.8 Å². The summed E-state index contributed by atoms with van der Waals surface area (Å²) in [6.45, 7) is 4.10. The van der Waals surface area contributed by atoms with Gasteiger partial charge >= 0.3 is 0 Å². The summed E-state index contributed by atoms with van der Waals surface area (Å²) in [5.41, 5.74) is 7.97. The van der Waals surface area contributed by atoms with Crippen molar-refractivity contribution in [1.82, 2.24) is 4.90 Å². The van der Waals surface area contributed by atoms with Crippen LogP contribution in [-0.4, -0.2) is 11.9 Å². The lowest BCUT2D eigenvalue weighted by Crippen LogP contribution is -2.17. The normalized spacial score (nSPS) is 11.2. The van der Waals surface area contributed by atoms with Crippen molar-refractivity contribution in [2.45, 2.75) is 26.6 Å². The van der Waals surface area contributed by atoms with Crippen molar-refractivity contribution >= 4 is 11.6 Å². The van der Waals surface area contributed by atoms with Crippen LogP contribution < -0.4 is 5.73 Å². The lowest BCUT2D eigenvalue weighted by molar-refractivity contribution is 0.316. The maximum Gasteiger partial charge on any atom is 0.118 e. The first-order valence-corrected chi connectivity index (χ1v) is 6.67. The molecule has 0 bridgehead atoms. The van der Waals surface area contributed by atoms with Crippen LogP contribution in [-0.2, 0) is 19.6 Å². The quantitative estimate of drug-likeness (QED) is 0.912. The van der Waals surface area contributed by atoms with Gasteiger partial charge in [0.2, 0.25) is 0 Å². The molecule has 3 nitrogen and oxygen atoms in total. The Kier molecular flexibility index (Phi) is 4.64. The highest BCUT2D eigenvalue weighted by Gasteiger charge is 2.09. The topological polar surface area (TPSA) is 42.4 Å². The predicted molar refractivity (Wildman–Crippen MR) is 78.0 cm³/mol. The van der Waals surface area contributed by atoms with Gasteiger partial charge in [0.05, 0.1) is 6.54 Å². The molecular weight excluding hydrogens is 260 g/mol. The third kappa shape index (κ3) is 3.83. The molecule has 4 heteroatoms. The van der Waals surface area contributed by atoms with E-state index in [1.54, 1.807) is 0 Å². The third-order valence-corrected chi connectivity index (χ3v) is 3.29. The summed E-state index contributed by atoms with van der Waals surface area (Å²) in [5.74, 6) is 1.78. The number of rotatable bonds is 5. The van der Waals surface area contributed by atoms with Gasteiger partial charge in [-0.25, -0.2) is 0 Å². The van der Waals surface area contributed by atoms with Crippen molar-refractivity contribution in [3.05, 3.63) is 58.0 Å². The molecule has 0 fully saturated rings. The highest BCUT2D eigenvalue weighted by molar-refractivity contribution is 6.30. The Morgan fingerprint density at radius 3 is 2.68 bits per heavy atom. The molecular formula is C15H19ClN2O. The number of nitrogens with zero attached hydrogens (tertiary/aromatic N) is 1. The third-order valence-electron chi connectivity index (χ3n) is 3.05. The van der Waals surface area contributed by atoms with Gasteiger partial charge in [-0.05, 0) is 37.7 Å². The molecule has 0 unspecified atom stereocenters. The number of benzene rings is 1. The molecule has 19 heavy (non-hydrogen) atoms. The Bertz CT molecular complexity index is 551. The van der Waals surface area contributed by atoms with E-state index in [0.29, 0.717) is 6.54 Å². The molecule has 0 aliphatic heterocycles. The highest BCUT2D eigenvalue weighted by Crippen LogP contribution is 2.18. The lowest BCUT2D eigenvalue weighted by Gasteiger charge is -2.16.